The largest absolute Gasteiger partial charge is 0.486 e. The van der Waals surface area contributed by atoms with Crippen molar-refractivity contribution in [3.8, 4) is 70.0 Å². The molecule has 0 aliphatic carbocycles. The van der Waals surface area contributed by atoms with Crippen molar-refractivity contribution in [3.05, 3.63) is 152 Å². The number of aliphatic carboxylic acids is 4. The zero-order valence-electron chi connectivity index (χ0n) is 52.0. The highest BCUT2D eigenvalue weighted by molar-refractivity contribution is 7.85. The minimum atomic E-state index is -4.21. The van der Waals surface area contributed by atoms with E-state index < -0.39 is 85.4 Å². The summed E-state index contributed by atoms with van der Waals surface area (Å²) < 4.78 is 64.0. The van der Waals surface area contributed by atoms with Crippen LogP contribution in [0.15, 0.2) is 84.9 Å². The summed E-state index contributed by atoms with van der Waals surface area (Å²) in [5, 5.41) is 53.6. The fourth-order valence-corrected chi connectivity index (χ4v) is 9.76. The fourth-order valence-electron chi connectivity index (χ4n) is 9.18. The van der Waals surface area contributed by atoms with Gasteiger partial charge in [0.1, 0.15) is 75.9 Å². The second-order valence-electron chi connectivity index (χ2n) is 20.9. The van der Waals surface area contributed by atoms with Crippen LogP contribution in [-0.4, -0.2) is 219 Å². The Morgan fingerprint density at radius 2 is 0.879 bits per heavy atom. The molecule has 0 unspecified atom stereocenters. The number of ether oxygens (including phenoxy) is 6. The molecule has 514 valence electrons. The van der Waals surface area contributed by atoms with E-state index in [1.807, 2.05) is 14.7 Å². The van der Waals surface area contributed by atoms with Gasteiger partial charge in [0.2, 0.25) is 0 Å². The first-order valence-corrected chi connectivity index (χ1v) is 31.3. The monoisotopic (exact) mass is 1400 g/mol. The minimum absolute atomic E-state index is 0.0290. The summed E-state index contributed by atoms with van der Waals surface area (Å²) in [6.45, 7) is -2.19. The molecule has 4 heterocycles. The molecule has 7 rings (SSSR count). The molecule has 0 atom stereocenters. The lowest BCUT2D eigenvalue weighted by Gasteiger charge is -2.25. The quantitative estimate of drug-likeness (QED) is 0.0134. The van der Waals surface area contributed by atoms with Gasteiger partial charge in [0.15, 0.2) is 56.7 Å². The fraction of sp³-hybridized carbons (Fsp3) is 0.258. The number of carbonyl (C=O) groups is 9. The zero-order chi connectivity index (χ0) is 71.4. The molecule has 1 aliphatic rings. The number of benzene rings is 3. The number of nitrogens with one attached hydrogen (secondary N) is 2. The molecule has 3 aromatic carbocycles. The summed E-state index contributed by atoms with van der Waals surface area (Å²) in [5.41, 5.74) is 2.39. The number of thiocarbonyl (C=S) groups is 1. The van der Waals surface area contributed by atoms with Gasteiger partial charge in [0.05, 0.1) is 22.8 Å². The highest BCUT2D eigenvalue weighted by atomic mass is 32.2. The van der Waals surface area contributed by atoms with Crippen molar-refractivity contribution in [1.82, 2.24) is 35.0 Å². The summed E-state index contributed by atoms with van der Waals surface area (Å²) in [6.07, 6.45) is 1.89. The normalized spacial score (nSPS) is 12.4. The lowest BCUT2D eigenvalue weighted by atomic mass is 10.1. The third-order valence-corrected chi connectivity index (χ3v) is 14.4. The molecule has 33 heteroatoms. The summed E-state index contributed by atoms with van der Waals surface area (Å²) in [7, 11) is -4.21. The van der Waals surface area contributed by atoms with E-state index in [4.69, 9.17) is 45.2 Å². The van der Waals surface area contributed by atoms with Gasteiger partial charge in [-0.05, 0) is 72.9 Å². The number of carboxylic acids is 5. The van der Waals surface area contributed by atoms with Gasteiger partial charge in [0.25, 0.3) is 10.1 Å². The maximum absolute atomic E-state index is 12.6. The van der Waals surface area contributed by atoms with E-state index in [-0.39, 0.29) is 105 Å². The molecule has 1 saturated heterocycles. The van der Waals surface area contributed by atoms with Crippen LogP contribution in [0.5, 0.6) is 34.5 Å². The molecule has 6 aromatic rings. The van der Waals surface area contributed by atoms with E-state index in [2.05, 4.69) is 61.1 Å². The van der Waals surface area contributed by atoms with Gasteiger partial charge in [-0.1, -0.05) is 35.5 Å². The van der Waals surface area contributed by atoms with Gasteiger partial charge in [-0.3, -0.25) is 38.4 Å². The van der Waals surface area contributed by atoms with Crippen molar-refractivity contribution < 1.29 is 110 Å². The van der Waals surface area contributed by atoms with Crippen molar-refractivity contribution in [2.75, 3.05) is 96.5 Å². The summed E-state index contributed by atoms with van der Waals surface area (Å²) in [4.78, 5) is 126. The third-order valence-electron chi connectivity index (χ3n) is 13.4. The average molecular weight is 1400 g/mol. The van der Waals surface area contributed by atoms with E-state index in [9.17, 15) is 77.1 Å². The molecule has 0 saturated carbocycles. The first kappa shape index (κ1) is 74.5. The van der Waals surface area contributed by atoms with Crippen molar-refractivity contribution in [3.63, 3.8) is 0 Å². The maximum atomic E-state index is 12.6. The van der Waals surface area contributed by atoms with Crippen LogP contribution in [0.3, 0.4) is 0 Å². The van der Waals surface area contributed by atoms with Gasteiger partial charge in [0, 0.05) is 118 Å². The van der Waals surface area contributed by atoms with Crippen LogP contribution in [0.25, 0.3) is 0 Å². The number of rotatable bonds is 31. The predicted octanol–water partition coefficient (Wildman–Crippen LogP) is 2.40. The van der Waals surface area contributed by atoms with Crippen molar-refractivity contribution >= 4 is 88.1 Å². The molecule has 1 aliphatic heterocycles. The Morgan fingerprint density at radius 3 is 1.29 bits per heavy atom. The van der Waals surface area contributed by atoms with Crippen LogP contribution >= 0.6 is 12.2 Å². The number of carboxylic acid groups (broad SMARTS) is 5. The lowest BCUT2D eigenvalue weighted by molar-refractivity contribution is -0.140. The zero-order valence-corrected chi connectivity index (χ0v) is 53.7. The molecule has 0 radical (unpaired) electrons. The Morgan fingerprint density at radius 1 is 0.495 bits per heavy atom. The van der Waals surface area contributed by atoms with Crippen LogP contribution in [0.2, 0.25) is 0 Å². The molecular weight excluding hydrogens is 1340 g/mol. The van der Waals surface area contributed by atoms with Crippen LogP contribution in [0, 0.1) is 35.5 Å². The highest BCUT2D eigenvalue weighted by Gasteiger charge is 2.23. The Kier molecular flexibility index (Phi) is 27.7. The van der Waals surface area contributed by atoms with Crippen LogP contribution in [0.1, 0.15) is 81.9 Å². The number of pyridine rings is 3. The number of nitrogens with zero attached hydrogens (tertiary/aromatic N) is 6. The number of aldehydes is 4. The Hall–Kier alpha value is -11.9. The van der Waals surface area contributed by atoms with Gasteiger partial charge < -0.3 is 64.6 Å². The Balaban J connectivity index is 1.23. The van der Waals surface area contributed by atoms with E-state index in [0.29, 0.717) is 98.3 Å². The molecule has 1 fully saturated rings. The van der Waals surface area contributed by atoms with Gasteiger partial charge in [-0.25, -0.2) is 38.9 Å². The summed E-state index contributed by atoms with van der Waals surface area (Å²) in [6, 6.07) is 20.5. The second kappa shape index (κ2) is 36.8. The van der Waals surface area contributed by atoms with Crippen molar-refractivity contribution in [1.29, 1.82) is 0 Å². The van der Waals surface area contributed by atoms with Crippen LogP contribution < -0.4 is 39.1 Å². The number of carbonyl (C=O) groups excluding carboxylic acids is 4. The Labute approximate surface area is 569 Å². The lowest BCUT2D eigenvalue weighted by Crippen LogP contribution is -2.36. The molecule has 0 amide bonds. The number of hydrogen-bond acceptors (Lipinski definition) is 24. The molecule has 99 heavy (non-hydrogen) atoms. The first-order valence-electron chi connectivity index (χ1n) is 29.3. The third kappa shape index (κ3) is 25.3. The molecule has 3 aromatic heterocycles. The van der Waals surface area contributed by atoms with Gasteiger partial charge >= 0.3 is 29.8 Å². The van der Waals surface area contributed by atoms with Crippen LogP contribution in [0.4, 0.5) is 5.69 Å². The standard InChI is InChI=1S/C66H60N8O23S2/c75-18-20-92-52-29-58(95-39-62(81)82)55(59(30-52)96-40-63(83)84)10-6-44-24-48(69-51(27-44)37-78)34-73-13-12-72(33-47-23-43(26-50(36-77)68-47)5-9-54-57(93-21-19-76)31-53(94-38-61(79)80)32-60(54)97-41-64(85)86)14-16-74(17-15-73)35-49-25-45(28-56(70-49)65(87)88)2-1-42-3-7-46(8-4-42)71-66(98)67-11-22-99(89,90)91/h3-4,7-8,18-19,23-32,36-37H,11-17,20-22,33-35,38-41H2,(H,79,80)(H,81,82)(H,83,84)(H,85,86)(H,87,88)(H2,67,71,98)(H,89,90,91). The summed E-state index contributed by atoms with van der Waals surface area (Å²) >= 11 is 5.21. The first-order chi connectivity index (χ1) is 47.4. The molecule has 31 nitrogen and oxygen atoms in total. The minimum Gasteiger partial charge on any atom is -0.486 e. The molecule has 0 spiro atoms. The summed E-state index contributed by atoms with van der Waals surface area (Å²) in [5.74, 6) is 9.40. The maximum Gasteiger partial charge on any atom is 0.354 e. The second-order valence-corrected chi connectivity index (χ2v) is 22.9. The number of aromatic nitrogens is 3. The van der Waals surface area contributed by atoms with Crippen molar-refractivity contribution in [2.24, 2.45) is 0 Å². The van der Waals surface area contributed by atoms with E-state index in [1.54, 1.807) is 42.5 Å². The van der Waals surface area contributed by atoms with Gasteiger partial charge in [-0.15, -0.1) is 0 Å². The highest BCUT2D eigenvalue weighted by Crippen LogP contribution is 2.36. The van der Waals surface area contributed by atoms with E-state index >= 15 is 0 Å². The SMILES string of the molecule is O=CCOc1cc(OCC(=O)O)c(C#Cc2cc(C=O)nc(CN3CCN(Cc4cc(C#Cc5c(OCC=O)cc(OCC(=O)O)cc5OCC(=O)O)cc(C=O)n4)CCN(Cc4cc(C#Cc5ccc(NC(=S)NCCS(=O)(=O)O)cc5)cc(C(=O)O)n4)CC3)c2)c(OCC(=O)O)c1. The Bertz CT molecular complexity index is 4330. The van der Waals surface area contributed by atoms with Gasteiger partial charge in [-0.2, -0.15) is 8.42 Å². The predicted molar refractivity (Wildman–Crippen MR) is 350 cm³/mol. The number of hydrogen-bond donors (Lipinski definition) is 8. The number of anilines is 1. The van der Waals surface area contributed by atoms with E-state index in [0.717, 1.165) is 0 Å². The molecule has 8 N–H and O–H groups in total. The van der Waals surface area contributed by atoms with E-state index in [1.165, 1.54) is 42.5 Å². The molecule has 0 bridgehead atoms. The smallest absolute Gasteiger partial charge is 0.354 e. The number of aromatic carboxylic acids is 1. The topological polar surface area (TPSA) is 437 Å². The van der Waals surface area contributed by atoms with Crippen LogP contribution in [-0.2, 0) is 58.5 Å². The average Bonchev–Trinajstić information content (AvgIpc) is 0.905. The van der Waals surface area contributed by atoms with Crippen molar-refractivity contribution in [2.45, 2.75) is 19.6 Å². The molecular formula is C66H60N8O23S2.